The molecule has 28 heavy (non-hydrogen) atoms. The van der Waals surface area contributed by atoms with Crippen molar-refractivity contribution in [3.63, 3.8) is 0 Å². The Morgan fingerprint density at radius 3 is 2.96 bits per heavy atom. The van der Waals surface area contributed by atoms with Gasteiger partial charge in [0.2, 0.25) is 0 Å². The minimum Gasteiger partial charge on any atom is -0.298 e. The van der Waals surface area contributed by atoms with Crippen LogP contribution in [0.15, 0.2) is 54.0 Å². The highest BCUT2D eigenvalue weighted by Gasteiger charge is 2.21. The number of anilines is 1. The number of aromatic nitrogens is 2. The SMILES string of the molecule is O=C(Nc1nc2c(s1)CN(Cc1ccccc1)CC2)c1ccc2ncsc2c1. The fourth-order valence-electron chi connectivity index (χ4n) is 3.44. The number of rotatable bonds is 4. The second-order valence-electron chi connectivity index (χ2n) is 6.82. The minimum absolute atomic E-state index is 0.123. The molecule has 4 aromatic rings. The normalized spacial score (nSPS) is 14.1. The van der Waals surface area contributed by atoms with Gasteiger partial charge in [-0.05, 0) is 23.8 Å². The quantitative estimate of drug-likeness (QED) is 0.540. The van der Waals surface area contributed by atoms with Gasteiger partial charge in [-0.15, -0.1) is 22.7 Å². The van der Waals surface area contributed by atoms with Gasteiger partial charge >= 0.3 is 0 Å². The Hall–Kier alpha value is -2.61. The molecule has 0 saturated heterocycles. The average Bonchev–Trinajstić information content (AvgIpc) is 3.34. The molecule has 2 aromatic carbocycles. The Bertz CT molecular complexity index is 1140. The second-order valence-corrected chi connectivity index (χ2v) is 8.79. The molecule has 0 saturated carbocycles. The van der Waals surface area contributed by atoms with Gasteiger partial charge in [0.25, 0.3) is 5.91 Å². The van der Waals surface area contributed by atoms with E-state index < -0.39 is 0 Å². The molecule has 0 radical (unpaired) electrons. The van der Waals surface area contributed by atoms with Gasteiger partial charge in [0.05, 0.1) is 21.4 Å². The number of carbonyl (C=O) groups is 1. The summed E-state index contributed by atoms with van der Waals surface area (Å²) in [5, 5.41) is 3.65. The van der Waals surface area contributed by atoms with Crippen molar-refractivity contribution in [3.8, 4) is 0 Å². The van der Waals surface area contributed by atoms with Gasteiger partial charge in [-0.2, -0.15) is 0 Å². The van der Waals surface area contributed by atoms with Crippen LogP contribution in [0, 0.1) is 0 Å². The van der Waals surface area contributed by atoms with Crippen molar-refractivity contribution >= 4 is 43.9 Å². The number of benzene rings is 2. The lowest BCUT2D eigenvalue weighted by molar-refractivity contribution is 0.102. The van der Waals surface area contributed by atoms with Crippen LogP contribution in [0.4, 0.5) is 5.13 Å². The van der Waals surface area contributed by atoms with Crippen LogP contribution in [-0.4, -0.2) is 27.3 Å². The second kappa shape index (κ2) is 7.43. The Labute approximate surface area is 170 Å². The molecular weight excluding hydrogens is 388 g/mol. The van der Waals surface area contributed by atoms with Gasteiger partial charge < -0.3 is 0 Å². The number of fused-ring (bicyclic) bond motifs is 2. The molecule has 0 atom stereocenters. The number of amides is 1. The van der Waals surface area contributed by atoms with Crippen molar-refractivity contribution in [2.45, 2.75) is 19.5 Å². The molecule has 1 aliphatic rings. The van der Waals surface area contributed by atoms with E-state index in [-0.39, 0.29) is 5.91 Å². The van der Waals surface area contributed by atoms with E-state index in [1.165, 1.54) is 21.8 Å². The fraction of sp³-hybridized carbons (Fsp3) is 0.190. The zero-order chi connectivity index (χ0) is 18.9. The lowest BCUT2D eigenvalue weighted by Crippen LogP contribution is -2.29. The molecule has 0 bridgehead atoms. The molecule has 3 heterocycles. The number of nitrogens with one attached hydrogen (secondary N) is 1. The third kappa shape index (κ3) is 3.56. The molecule has 1 N–H and O–H groups in total. The lowest BCUT2D eigenvalue weighted by atomic mass is 10.1. The van der Waals surface area contributed by atoms with Crippen molar-refractivity contribution in [2.75, 3.05) is 11.9 Å². The topological polar surface area (TPSA) is 58.1 Å². The molecule has 0 spiro atoms. The molecule has 5 rings (SSSR count). The molecular formula is C21H18N4OS2. The highest BCUT2D eigenvalue weighted by molar-refractivity contribution is 7.16. The van der Waals surface area contributed by atoms with Gasteiger partial charge in [-0.1, -0.05) is 30.3 Å². The average molecular weight is 407 g/mol. The predicted molar refractivity (Wildman–Crippen MR) is 114 cm³/mol. The highest BCUT2D eigenvalue weighted by Crippen LogP contribution is 2.29. The van der Waals surface area contributed by atoms with Crippen molar-refractivity contribution < 1.29 is 4.79 Å². The summed E-state index contributed by atoms with van der Waals surface area (Å²) < 4.78 is 1.02. The zero-order valence-corrected chi connectivity index (χ0v) is 16.7. The molecule has 7 heteroatoms. The molecule has 0 aliphatic carbocycles. The maximum absolute atomic E-state index is 12.6. The summed E-state index contributed by atoms with van der Waals surface area (Å²) in [6.07, 6.45) is 0.918. The van der Waals surface area contributed by atoms with Gasteiger partial charge in [0.15, 0.2) is 5.13 Å². The zero-order valence-electron chi connectivity index (χ0n) is 15.1. The van der Waals surface area contributed by atoms with Crippen molar-refractivity contribution in [1.82, 2.24) is 14.9 Å². The number of nitrogens with zero attached hydrogens (tertiary/aromatic N) is 3. The number of thiazole rings is 2. The predicted octanol–water partition coefficient (Wildman–Crippen LogP) is 4.56. The summed E-state index contributed by atoms with van der Waals surface area (Å²) in [6, 6.07) is 16.1. The summed E-state index contributed by atoms with van der Waals surface area (Å²) in [7, 11) is 0. The van der Waals surface area contributed by atoms with Crippen LogP contribution in [0.2, 0.25) is 0 Å². The Morgan fingerprint density at radius 2 is 2.07 bits per heavy atom. The summed E-state index contributed by atoms with van der Waals surface area (Å²) in [5.74, 6) is -0.123. The number of hydrogen-bond donors (Lipinski definition) is 1. The first-order valence-corrected chi connectivity index (χ1v) is 10.8. The smallest absolute Gasteiger partial charge is 0.257 e. The minimum atomic E-state index is -0.123. The van der Waals surface area contributed by atoms with Gasteiger partial charge in [-0.25, -0.2) is 9.97 Å². The van der Waals surface area contributed by atoms with E-state index in [2.05, 4.69) is 44.5 Å². The van der Waals surface area contributed by atoms with E-state index >= 15 is 0 Å². The monoisotopic (exact) mass is 406 g/mol. The van der Waals surface area contributed by atoms with Crippen LogP contribution in [0.3, 0.4) is 0 Å². The summed E-state index contributed by atoms with van der Waals surface area (Å²) in [5.41, 5.74) is 5.79. The highest BCUT2D eigenvalue weighted by atomic mass is 32.1. The lowest BCUT2D eigenvalue weighted by Gasteiger charge is -2.25. The Kier molecular flexibility index (Phi) is 4.64. The van der Waals surface area contributed by atoms with Gasteiger partial charge in [0, 0.05) is 36.5 Å². The summed E-state index contributed by atoms with van der Waals surface area (Å²) in [6.45, 7) is 2.81. The summed E-state index contributed by atoms with van der Waals surface area (Å²) >= 11 is 3.12. The van der Waals surface area contributed by atoms with E-state index in [0.29, 0.717) is 10.7 Å². The molecule has 0 fully saturated rings. The fourth-order valence-corrected chi connectivity index (χ4v) is 5.21. The molecule has 140 valence electrons. The maximum atomic E-state index is 12.6. The largest absolute Gasteiger partial charge is 0.298 e. The van der Waals surface area contributed by atoms with Crippen LogP contribution in [0.1, 0.15) is 26.5 Å². The molecule has 1 amide bonds. The van der Waals surface area contributed by atoms with Crippen LogP contribution in [0.25, 0.3) is 10.2 Å². The van der Waals surface area contributed by atoms with E-state index in [0.717, 1.165) is 42.0 Å². The van der Waals surface area contributed by atoms with Gasteiger partial charge in [-0.3, -0.25) is 15.0 Å². The maximum Gasteiger partial charge on any atom is 0.257 e. The van der Waals surface area contributed by atoms with Crippen LogP contribution >= 0.6 is 22.7 Å². The van der Waals surface area contributed by atoms with Crippen molar-refractivity contribution in [1.29, 1.82) is 0 Å². The van der Waals surface area contributed by atoms with Crippen molar-refractivity contribution in [3.05, 3.63) is 75.7 Å². The van der Waals surface area contributed by atoms with E-state index in [4.69, 9.17) is 0 Å². The third-order valence-electron chi connectivity index (χ3n) is 4.87. The standard InChI is InChI=1S/C21H18N4OS2/c26-20(15-6-7-16-18(10-15)27-13-22-16)24-21-23-17-8-9-25(12-19(17)28-21)11-14-4-2-1-3-5-14/h1-7,10,13H,8-9,11-12H2,(H,23,24,26). The number of hydrogen-bond acceptors (Lipinski definition) is 6. The Morgan fingerprint density at radius 1 is 1.18 bits per heavy atom. The molecule has 1 aliphatic heterocycles. The Balaban J connectivity index is 1.28. The van der Waals surface area contributed by atoms with Crippen molar-refractivity contribution in [2.24, 2.45) is 0 Å². The van der Waals surface area contributed by atoms with Crippen LogP contribution in [-0.2, 0) is 19.5 Å². The van der Waals surface area contributed by atoms with Crippen LogP contribution < -0.4 is 5.32 Å². The third-order valence-corrected chi connectivity index (χ3v) is 6.66. The molecule has 0 unspecified atom stereocenters. The van der Waals surface area contributed by atoms with E-state index in [1.54, 1.807) is 16.8 Å². The van der Waals surface area contributed by atoms with Crippen LogP contribution in [0.5, 0.6) is 0 Å². The first kappa shape index (κ1) is 17.5. The van der Waals surface area contributed by atoms with E-state index in [1.807, 2.05) is 24.3 Å². The first-order valence-electron chi connectivity index (χ1n) is 9.14. The molecule has 2 aromatic heterocycles. The summed E-state index contributed by atoms with van der Waals surface area (Å²) in [4.78, 5) is 25.2. The molecule has 5 nitrogen and oxygen atoms in total. The van der Waals surface area contributed by atoms with E-state index in [9.17, 15) is 4.79 Å². The first-order chi connectivity index (χ1) is 13.7. The number of carbonyl (C=O) groups excluding carboxylic acids is 1. The van der Waals surface area contributed by atoms with Gasteiger partial charge in [0.1, 0.15) is 0 Å².